The molecule has 0 radical (unpaired) electrons. The predicted molar refractivity (Wildman–Crippen MR) is 75.1 cm³/mol. The van der Waals surface area contributed by atoms with Crippen molar-refractivity contribution in [1.82, 2.24) is 0 Å². The lowest BCUT2D eigenvalue weighted by molar-refractivity contribution is 0.101. The number of amides is 1. The fourth-order valence-electron chi connectivity index (χ4n) is 2.05. The van der Waals surface area contributed by atoms with Crippen molar-refractivity contribution in [3.05, 3.63) is 62.9 Å². The molecule has 0 atom stereocenters. The van der Waals surface area contributed by atoms with Crippen LogP contribution in [0.3, 0.4) is 0 Å². The Morgan fingerprint density at radius 2 is 1.39 bits per heavy atom. The van der Waals surface area contributed by atoms with Crippen LogP contribution in [-0.2, 0) is 0 Å². The van der Waals surface area contributed by atoms with E-state index in [1.54, 1.807) is 19.9 Å². The zero-order valence-electron chi connectivity index (χ0n) is 11.8. The summed E-state index contributed by atoms with van der Waals surface area (Å²) in [6, 6.07) is 3.10. The summed E-state index contributed by atoms with van der Waals surface area (Å²) in [5.74, 6) is -12.6. The van der Waals surface area contributed by atoms with E-state index in [0.717, 1.165) is 5.56 Å². The van der Waals surface area contributed by atoms with Crippen LogP contribution < -0.4 is 5.32 Å². The molecule has 0 fully saturated rings. The van der Waals surface area contributed by atoms with Crippen molar-refractivity contribution in [3.63, 3.8) is 0 Å². The standard InChI is InChI=1S/C15H9ClF5NO/c1-5-3-6(2)14(7(16)4-5)22-15(23)8-9(17)11(19)13(21)12(20)10(8)18/h3-4H,1-2H3,(H,22,23). The molecule has 23 heavy (non-hydrogen) atoms. The number of halogens is 6. The molecule has 1 amide bonds. The summed E-state index contributed by atoms with van der Waals surface area (Å²) >= 11 is 5.92. The highest BCUT2D eigenvalue weighted by atomic mass is 35.5. The van der Waals surface area contributed by atoms with Gasteiger partial charge in [-0.05, 0) is 31.0 Å². The van der Waals surface area contributed by atoms with Crippen molar-refractivity contribution in [2.75, 3.05) is 5.32 Å². The van der Waals surface area contributed by atoms with Gasteiger partial charge in [0.05, 0.1) is 10.7 Å². The molecule has 0 spiro atoms. The summed E-state index contributed by atoms with van der Waals surface area (Å²) in [5, 5.41) is 2.14. The van der Waals surface area contributed by atoms with Gasteiger partial charge in [0, 0.05) is 0 Å². The lowest BCUT2D eigenvalue weighted by Crippen LogP contribution is -2.20. The SMILES string of the molecule is Cc1cc(C)c(NC(=O)c2c(F)c(F)c(F)c(F)c2F)c(Cl)c1. The summed E-state index contributed by atoms with van der Waals surface area (Å²) in [6.07, 6.45) is 0. The number of hydrogen-bond acceptors (Lipinski definition) is 1. The minimum absolute atomic E-state index is 0.0196. The first-order valence-corrected chi connectivity index (χ1v) is 6.62. The van der Waals surface area contributed by atoms with E-state index in [1.807, 2.05) is 0 Å². The van der Waals surface area contributed by atoms with E-state index in [2.05, 4.69) is 5.32 Å². The number of hydrogen-bond donors (Lipinski definition) is 1. The van der Waals surface area contributed by atoms with Gasteiger partial charge in [0.1, 0.15) is 5.56 Å². The van der Waals surface area contributed by atoms with Gasteiger partial charge in [0.25, 0.3) is 5.91 Å². The molecule has 0 aliphatic carbocycles. The first-order chi connectivity index (χ1) is 10.6. The third-order valence-corrected chi connectivity index (χ3v) is 3.41. The minimum Gasteiger partial charge on any atom is -0.320 e. The molecule has 0 aliphatic heterocycles. The largest absolute Gasteiger partial charge is 0.320 e. The van der Waals surface area contributed by atoms with E-state index in [9.17, 15) is 26.7 Å². The highest BCUT2D eigenvalue weighted by Gasteiger charge is 2.30. The average molecular weight is 350 g/mol. The second kappa shape index (κ2) is 6.16. The molecule has 2 nitrogen and oxygen atoms in total. The number of rotatable bonds is 2. The van der Waals surface area contributed by atoms with E-state index in [-0.39, 0.29) is 10.7 Å². The third kappa shape index (κ3) is 3.01. The molecule has 0 unspecified atom stereocenters. The molecule has 2 rings (SSSR count). The quantitative estimate of drug-likeness (QED) is 0.466. The fourth-order valence-corrected chi connectivity index (χ4v) is 2.42. The summed E-state index contributed by atoms with van der Waals surface area (Å²) in [4.78, 5) is 12.0. The molecule has 0 aromatic heterocycles. The predicted octanol–water partition coefficient (Wildman–Crippen LogP) is 4.90. The number of carbonyl (C=O) groups is 1. The van der Waals surface area contributed by atoms with Crippen LogP contribution in [0.4, 0.5) is 27.6 Å². The van der Waals surface area contributed by atoms with Crippen LogP contribution in [0.5, 0.6) is 0 Å². The van der Waals surface area contributed by atoms with Gasteiger partial charge in [-0.2, -0.15) is 0 Å². The highest BCUT2D eigenvalue weighted by molar-refractivity contribution is 6.34. The maximum absolute atomic E-state index is 13.6. The Kier molecular flexibility index (Phi) is 4.61. The monoisotopic (exact) mass is 349 g/mol. The van der Waals surface area contributed by atoms with Crippen LogP contribution in [0.2, 0.25) is 5.02 Å². The van der Waals surface area contributed by atoms with Crippen LogP contribution in [0.25, 0.3) is 0 Å². The maximum atomic E-state index is 13.6. The molecular formula is C15H9ClF5NO. The van der Waals surface area contributed by atoms with E-state index in [1.165, 1.54) is 6.07 Å². The number of anilines is 1. The Morgan fingerprint density at radius 3 is 1.87 bits per heavy atom. The van der Waals surface area contributed by atoms with Gasteiger partial charge in [0.2, 0.25) is 5.82 Å². The molecule has 0 saturated heterocycles. The summed E-state index contributed by atoms with van der Waals surface area (Å²) in [7, 11) is 0. The van der Waals surface area contributed by atoms with Gasteiger partial charge in [-0.15, -0.1) is 0 Å². The lowest BCUT2D eigenvalue weighted by Gasteiger charge is -2.13. The van der Waals surface area contributed by atoms with E-state index < -0.39 is 40.6 Å². The number of carbonyl (C=O) groups excluding carboxylic acids is 1. The van der Waals surface area contributed by atoms with Gasteiger partial charge in [-0.1, -0.05) is 17.7 Å². The Morgan fingerprint density at radius 1 is 0.913 bits per heavy atom. The van der Waals surface area contributed by atoms with Gasteiger partial charge >= 0.3 is 0 Å². The number of nitrogens with one attached hydrogen (secondary N) is 1. The van der Waals surface area contributed by atoms with Crippen LogP contribution >= 0.6 is 11.6 Å². The van der Waals surface area contributed by atoms with Crippen LogP contribution in [-0.4, -0.2) is 5.91 Å². The van der Waals surface area contributed by atoms with Gasteiger partial charge < -0.3 is 5.32 Å². The fraction of sp³-hybridized carbons (Fsp3) is 0.133. The highest BCUT2D eigenvalue weighted by Crippen LogP contribution is 2.29. The molecule has 0 saturated carbocycles. The average Bonchev–Trinajstić information content (AvgIpc) is 2.47. The first kappa shape index (κ1) is 17.2. The summed E-state index contributed by atoms with van der Waals surface area (Å²) < 4.78 is 66.5. The van der Waals surface area contributed by atoms with Crippen LogP contribution in [0.15, 0.2) is 12.1 Å². The normalized spacial score (nSPS) is 10.8. The molecule has 1 N–H and O–H groups in total. The van der Waals surface area contributed by atoms with Crippen molar-refractivity contribution >= 4 is 23.2 Å². The van der Waals surface area contributed by atoms with Gasteiger partial charge in [-0.3, -0.25) is 4.79 Å². The van der Waals surface area contributed by atoms with Crippen molar-refractivity contribution in [2.45, 2.75) is 13.8 Å². The molecule has 2 aromatic carbocycles. The van der Waals surface area contributed by atoms with Gasteiger partial charge in [-0.25, -0.2) is 22.0 Å². The van der Waals surface area contributed by atoms with Crippen molar-refractivity contribution in [3.8, 4) is 0 Å². The van der Waals surface area contributed by atoms with Gasteiger partial charge in [0.15, 0.2) is 23.3 Å². The summed E-state index contributed by atoms with van der Waals surface area (Å²) in [5.41, 5.74) is -0.322. The smallest absolute Gasteiger partial charge is 0.261 e. The van der Waals surface area contributed by atoms with E-state index >= 15 is 0 Å². The van der Waals surface area contributed by atoms with Crippen molar-refractivity contribution in [2.24, 2.45) is 0 Å². The Hall–Kier alpha value is -2.15. The molecule has 0 bridgehead atoms. The topological polar surface area (TPSA) is 29.1 Å². The van der Waals surface area contributed by atoms with Crippen molar-refractivity contribution < 1.29 is 26.7 Å². The van der Waals surface area contributed by atoms with E-state index in [4.69, 9.17) is 11.6 Å². The first-order valence-electron chi connectivity index (χ1n) is 6.24. The van der Waals surface area contributed by atoms with Crippen LogP contribution in [0, 0.1) is 42.9 Å². The number of benzene rings is 2. The number of aryl methyl sites for hydroxylation is 2. The molecule has 0 heterocycles. The zero-order valence-corrected chi connectivity index (χ0v) is 12.6. The zero-order chi connectivity index (χ0) is 17.5. The lowest BCUT2D eigenvalue weighted by atomic mass is 10.1. The molecule has 8 heteroatoms. The van der Waals surface area contributed by atoms with Crippen molar-refractivity contribution in [1.29, 1.82) is 0 Å². The molecule has 2 aromatic rings. The maximum Gasteiger partial charge on any atom is 0.261 e. The Bertz CT molecular complexity index is 770. The second-order valence-corrected chi connectivity index (χ2v) is 5.24. The van der Waals surface area contributed by atoms with Crippen LogP contribution in [0.1, 0.15) is 21.5 Å². The molecule has 0 aliphatic rings. The third-order valence-electron chi connectivity index (χ3n) is 3.11. The summed E-state index contributed by atoms with van der Waals surface area (Å²) in [6.45, 7) is 3.29. The molecular weight excluding hydrogens is 341 g/mol. The molecule has 122 valence electrons. The van der Waals surface area contributed by atoms with E-state index in [0.29, 0.717) is 5.56 Å². The second-order valence-electron chi connectivity index (χ2n) is 4.84. The Labute approximate surface area is 132 Å². The minimum atomic E-state index is -2.33. The Balaban J connectivity index is 2.52.